The molecule has 7 nitrogen and oxygen atoms in total. The van der Waals surface area contributed by atoms with Crippen molar-refractivity contribution in [2.45, 2.75) is 32.4 Å². The molecule has 1 aromatic heterocycles. The number of anilines is 1. The summed E-state index contributed by atoms with van der Waals surface area (Å²) in [4.78, 5) is 32.1. The second-order valence-corrected chi connectivity index (χ2v) is 7.36. The number of aromatic nitrogens is 1. The van der Waals surface area contributed by atoms with Gasteiger partial charge in [-0.3, -0.25) is 9.59 Å². The molecule has 2 aromatic rings. The minimum atomic E-state index is -0.0710. The molecule has 0 saturated carbocycles. The van der Waals surface area contributed by atoms with E-state index in [1.54, 1.807) is 41.2 Å². The normalized spacial score (nSPS) is 16.8. The minimum absolute atomic E-state index is 0.0100. The molecule has 2 atom stereocenters. The molecule has 2 heterocycles. The van der Waals surface area contributed by atoms with Crippen molar-refractivity contribution in [2.75, 3.05) is 25.5 Å². The maximum Gasteiger partial charge on any atom is 0.255 e. The zero-order chi connectivity index (χ0) is 21.0. The van der Waals surface area contributed by atoms with E-state index in [4.69, 9.17) is 5.26 Å². The molecular weight excluding hydrogens is 366 g/mol. The van der Waals surface area contributed by atoms with Gasteiger partial charge < -0.3 is 15.1 Å². The number of benzene rings is 1. The summed E-state index contributed by atoms with van der Waals surface area (Å²) in [6.45, 7) is 4.71. The molecule has 3 rings (SSSR count). The average Bonchev–Trinajstić information content (AvgIpc) is 3.23. The lowest BCUT2D eigenvalue weighted by Crippen LogP contribution is -2.38. The van der Waals surface area contributed by atoms with Crippen LogP contribution < -0.4 is 5.32 Å². The summed E-state index contributed by atoms with van der Waals surface area (Å²) >= 11 is 0. The van der Waals surface area contributed by atoms with E-state index in [0.29, 0.717) is 30.0 Å². The van der Waals surface area contributed by atoms with Crippen LogP contribution in [0.3, 0.4) is 0 Å². The highest BCUT2D eigenvalue weighted by Gasteiger charge is 2.30. The molecule has 2 amide bonds. The van der Waals surface area contributed by atoms with Crippen LogP contribution in [-0.2, 0) is 4.79 Å². The van der Waals surface area contributed by atoms with Gasteiger partial charge in [0.25, 0.3) is 5.91 Å². The summed E-state index contributed by atoms with van der Waals surface area (Å²) in [6, 6.07) is 13.2. The van der Waals surface area contributed by atoms with Gasteiger partial charge in [-0.15, -0.1) is 0 Å². The van der Waals surface area contributed by atoms with Gasteiger partial charge in [-0.25, -0.2) is 4.98 Å². The Morgan fingerprint density at radius 2 is 2.14 bits per heavy atom. The molecule has 0 bridgehead atoms. The quantitative estimate of drug-likeness (QED) is 0.847. The van der Waals surface area contributed by atoms with Gasteiger partial charge in [0.15, 0.2) is 0 Å². The Labute approximate surface area is 171 Å². The molecule has 1 saturated heterocycles. The molecule has 29 heavy (non-hydrogen) atoms. The van der Waals surface area contributed by atoms with Crippen LogP contribution in [0.15, 0.2) is 42.6 Å². The first-order chi connectivity index (χ1) is 13.9. The summed E-state index contributed by atoms with van der Waals surface area (Å²) in [6.07, 6.45) is 2.36. The van der Waals surface area contributed by atoms with Gasteiger partial charge in [0.05, 0.1) is 23.2 Å². The van der Waals surface area contributed by atoms with E-state index < -0.39 is 0 Å². The van der Waals surface area contributed by atoms with Crippen LogP contribution in [0.5, 0.6) is 0 Å². The van der Waals surface area contributed by atoms with E-state index in [9.17, 15) is 9.59 Å². The van der Waals surface area contributed by atoms with Gasteiger partial charge in [-0.1, -0.05) is 12.1 Å². The van der Waals surface area contributed by atoms with E-state index in [-0.39, 0.29) is 23.9 Å². The third-order valence-electron chi connectivity index (χ3n) is 5.39. The van der Waals surface area contributed by atoms with Crippen LogP contribution in [0.4, 0.5) is 5.82 Å². The maximum atomic E-state index is 12.7. The van der Waals surface area contributed by atoms with E-state index in [1.807, 2.05) is 25.1 Å². The number of amides is 2. The smallest absolute Gasteiger partial charge is 0.255 e. The number of nitriles is 1. The molecule has 1 aliphatic heterocycles. The summed E-state index contributed by atoms with van der Waals surface area (Å²) in [5, 5.41) is 12.3. The molecule has 1 aromatic carbocycles. The molecular formula is C22H25N5O2. The minimum Gasteiger partial charge on any atom is -0.364 e. The standard InChI is InChI=1S/C22H25N5O2/c1-15(18-6-4-5-17(11-18)12-23)25-21-8-7-19(13-24-21)22(29)27-10-9-20(14-27)26(3)16(2)28/h4-8,11,13,15,20H,9-10,14H2,1-3H3,(H,24,25)/t15-,20-/m0/s1. The van der Waals surface area contributed by atoms with E-state index in [1.165, 1.54) is 6.92 Å². The summed E-state index contributed by atoms with van der Waals surface area (Å²) in [5.41, 5.74) is 2.13. The second kappa shape index (κ2) is 8.74. The van der Waals surface area contributed by atoms with Crippen LogP contribution in [0.1, 0.15) is 47.8 Å². The third kappa shape index (κ3) is 4.72. The predicted octanol–water partition coefficient (Wildman–Crippen LogP) is 2.82. The van der Waals surface area contributed by atoms with Crippen LogP contribution in [0, 0.1) is 11.3 Å². The van der Waals surface area contributed by atoms with Crippen LogP contribution >= 0.6 is 0 Å². The van der Waals surface area contributed by atoms with Crippen molar-refractivity contribution in [1.29, 1.82) is 5.26 Å². The van der Waals surface area contributed by atoms with Crippen molar-refractivity contribution in [3.63, 3.8) is 0 Å². The van der Waals surface area contributed by atoms with Gasteiger partial charge in [0.2, 0.25) is 5.91 Å². The van der Waals surface area contributed by atoms with Gasteiger partial charge in [-0.2, -0.15) is 5.26 Å². The van der Waals surface area contributed by atoms with Gasteiger partial charge in [0, 0.05) is 39.3 Å². The van der Waals surface area contributed by atoms with Gasteiger partial charge >= 0.3 is 0 Å². The highest BCUT2D eigenvalue weighted by molar-refractivity contribution is 5.94. The van der Waals surface area contributed by atoms with E-state index in [0.717, 1.165) is 12.0 Å². The largest absolute Gasteiger partial charge is 0.364 e. The predicted molar refractivity (Wildman–Crippen MR) is 110 cm³/mol. The number of carbonyl (C=O) groups excluding carboxylic acids is 2. The monoisotopic (exact) mass is 391 g/mol. The van der Waals surface area contributed by atoms with Crippen molar-refractivity contribution in [3.8, 4) is 6.07 Å². The molecule has 0 unspecified atom stereocenters. The molecule has 1 aliphatic rings. The Balaban J connectivity index is 1.62. The Hall–Kier alpha value is -3.40. The number of nitrogens with zero attached hydrogens (tertiary/aromatic N) is 4. The zero-order valence-electron chi connectivity index (χ0n) is 16.9. The van der Waals surface area contributed by atoms with Crippen LogP contribution in [0.25, 0.3) is 0 Å². The number of nitrogens with one attached hydrogen (secondary N) is 1. The lowest BCUT2D eigenvalue weighted by molar-refractivity contribution is -0.129. The average molecular weight is 391 g/mol. The maximum absolute atomic E-state index is 12.7. The first-order valence-corrected chi connectivity index (χ1v) is 9.64. The Morgan fingerprint density at radius 3 is 2.79 bits per heavy atom. The fourth-order valence-corrected chi connectivity index (χ4v) is 3.47. The molecule has 0 radical (unpaired) electrons. The van der Waals surface area contributed by atoms with Crippen molar-refractivity contribution < 1.29 is 9.59 Å². The highest BCUT2D eigenvalue weighted by Crippen LogP contribution is 2.21. The van der Waals surface area contributed by atoms with Crippen molar-refractivity contribution >= 4 is 17.6 Å². The first kappa shape index (κ1) is 20.3. The molecule has 0 aliphatic carbocycles. The van der Waals surface area contributed by atoms with E-state index in [2.05, 4.69) is 16.4 Å². The SMILES string of the molecule is CC(=O)N(C)[C@H]1CCN(C(=O)c2ccc(N[C@@H](C)c3cccc(C#N)c3)nc2)C1. The lowest BCUT2D eigenvalue weighted by atomic mass is 10.1. The number of carbonyl (C=O) groups is 2. The van der Waals surface area contributed by atoms with Crippen LogP contribution in [0.2, 0.25) is 0 Å². The Kier molecular flexibility index (Phi) is 6.13. The second-order valence-electron chi connectivity index (χ2n) is 7.36. The third-order valence-corrected chi connectivity index (χ3v) is 5.39. The van der Waals surface area contributed by atoms with Crippen molar-refractivity contribution in [2.24, 2.45) is 0 Å². The van der Waals surface area contributed by atoms with Gasteiger partial charge in [-0.05, 0) is 43.2 Å². The molecule has 0 spiro atoms. The number of hydrogen-bond acceptors (Lipinski definition) is 5. The molecule has 1 fully saturated rings. The Bertz CT molecular complexity index is 935. The molecule has 1 N–H and O–H groups in total. The molecule has 7 heteroatoms. The van der Waals surface area contributed by atoms with Crippen molar-refractivity contribution in [3.05, 3.63) is 59.3 Å². The number of likely N-dealkylation sites (tertiary alicyclic amines) is 1. The van der Waals surface area contributed by atoms with Crippen molar-refractivity contribution in [1.82, 2.24) is 14.8 Å². The highest BCUT2D eigenvalue weighted by atomic mass is 16.2. The summed E-state index contributed by atoms with van der Waals surface area (Å²) < 4.78 is 0. The Morgan fingerprint density at radius 1 is 1.34 bits per heavy atom. The number of hydrogen-bond donors (Lipinski definition) is 1. The van der Waals surface area contributed by atoms with E-state index >= 15 is 0 Å². The molecule has 150 valence electrons. The number of rotatable bonds is 5. The number of likely N-dealkylation sites (N-methyl/N-ethyl adjacent to an activating group) is 1. The summed E-state index contributed by atoms with van der Waals surface area (Å²) in [5.74, 6) is 0.598. The fraction of sp³-hybridized carbons (Fsp3) is 0.364. The summed E-state index contributed by atoms with van der Waals surface area (Å²) in [7, 11) is 1.77. The fourth-order valence-electron chi connectivity index (χ4n) is 3.47. The number of pyridine rings is 1. The van der Waals surface area contributed by atoms with Gasteiger partial charge in [0.1, 0.15) is 5.82 Å². The lowest BCUT2D eigenvalue weighted by Gasteiger charge is -2.23. The zero-order valence-corrected chi connectivity index (χ0v) is 16.9. The van der Waals surface area contributed by atoms with Crippen LogP contribution in [-0.4, -0.2) is 52.8 Å². The first-order valence-electron chi connectivity index (χ1n) is 9.64. The topological polar surface area (TPSA) is 89.3 Å².